The van der Waals surface area contributed by atoms with Crippen molar-refractivity contribution in [3.63, 3.8) is 0 Å². The Balaban J connectivity index is 1.69. The SMILES string of the molecule is CCC(C(=O)N(C)Cc1cc(-c2ccncc2)no1)n1cccn1. The van der Waals surface area contributed by atoms with E-state index in [0.29, 0.717) is 18.7 Å². The molecular formula is C17H19N5O2. The zero-order chi connectivity index (χ0) is 16.9. The highest BCUT2D eigenvalue weighted by Crippen LogP contribution is 2.20. The van der Waals surface area contributed by atoms with Crippen LogP contribution in [0.5, 0.6) is 0 Å². The number of aromatic nitrogens is 4. The molecule has 0 aliphatic rings. The molecule has 3 aromatic rings. The first-order valence-corrected chi connectivity index (χ1v) is 7.79. The Kier molecular flexibility index (Phi) is 4.69. The first-order chi connectivity index (χ1) is 11.7. The molecule has 1 unspecified atom stereocenters. The smallest absolute Gasteiger partial charge is 0.247 e. The van der Waals surface area contributed by atoms with Gasteiger partial charge in [0.2, 0.25) is 5.91 Å². The summed E-state index contributed by atoms with van der Waals surface area (Å²) in [5, 5.41) is 8.22. The van der Waals surface area contributed by atoms with Gasteiger partial charge in [-0.2, -0.15) is 5.10 Å². The van der Waals surface area contributed by atoms with Crippen LogP contribution < -0.4 is 0 Å². The van der Waals surface area contributed by atoms with Crippen molar-refractivity contribution in [1.29, 1.82) is 0 Å². The normalized spacial score (nSPS) is 12.1. The molecule has 0 fully saturated rings. The van der Waals surface area contributed by atoms with E-state index in [4.69, 9.17) is 4.52 Å². The minimum atomic E-state index is -0.312. The van der Waals surface area contributed by atoms with Gasteiger partial charge < -0.3 is 9.42 Å². The molecule has 3 heterocycles. The second kappa shape index (κ2) is 7.08. The van der Waals surface area contributed by atoms with Gasteiger partial charge in [0.15, 0.2) is 5.76 Å². The molecule has 0 aromatic carbocycles. The van der Waals surface area contributed by atoms with E-state index in [1.165, 1.54) is 0 Å². The first-order valence-electron chi connectivity index (χ1n) is 7.79. The minimum Gasteiger partial charge on any atom is -0.359 e. The number of amides is 1. The van der Waals surface area contributed by atoms with Crippen molar-refractivity contribution in [3.05, 3.63) is 54.8 Å². The maximum Gasteiger partial charge on any atom is 0.247 e. The van der Waals surface area contributed by atoms with Crippen LogP contribution in [0.2, 0.25) is 0 Å². The highest BCUT2D eigenvalue weighted by atomic mass is 16.5. The topological polar surface area (TPSA) is 77.0 Å². The number of carbonyl (C=O) groups excluding carboxylic acids is 1. The number of pyridine rings is 1. The maximum absolute atomic E-state index is 12.6. The van der Waals surface area contributed by atoms with Gasteiger partial charge in [0, 0.05) is 43.5 Å². The Bertz CT molecular complexity index is 782. The van der Waals surface area contributed by atoms with Crippen LogP contribution in [-0.2, 0) is 11.3 Å². The summed E-state index contributed by atoms with van der Waals surface area (Å²) in [6.07, 6.45) is 7.55. The zero-order valence-electron chi connectivity index (χ0n) is 13.7. The van der Waals surface area contributed by atoms with E-state index in [0.717, 1.165) is 11.3 Å². The minimum absolute atomic E-state index is 0.0111. The largest absolute Gasteiger partial charge is 0.359 e. The molecule has 7 nitrogen and oxygen atoms in total. The second-order valence-corrected chi connectivity index (χ2v) is 5.52. The fraction of sp³-hybridized carbons (Fsp3) is 0.294. The van der Waals surface area contributed by atoms with Crippen molar-refractivity contribution in [2.75, 3.05) is 7.05 Å². The lowest BCUT2D eigenvalue weighted by molar-refractivity contribution is -0.134. The van der Waals surface area contributed by atoms with E-state index in [-0.39, 0.29) is 11.9 Å². The van der Waals surface area contributed by atoms with Crippen molar-refractivity contribution in [2.45, 2.75) is 25.9 Å². The maximum atomic E-state index is 12.6. The molecule has 0 radical (unpaired) electrons. The summed E-state index contributed by atoms with van der Waals surface area (Å²) in [5.74, 6) is 0.621. The Morgan fingerprint density at radius 3 is 2.79 bits per heavy atom. The molecule has 0 aliphatic carbocycles. The molecule has 0 bridgehead atoms. The molecule has 124 valence electrons. The van der Waals surface area contributed by atoms with Crippen LogP contribution in [0.4, 0.5) is 0 Å². The van der Waals surface area contributed by atoms with Crippen LogP contribution >= 0.6 is 0 Å². The van der Waals surface area contributed by atoms with Gasteiger partial charge in [0.25, 0.3) is 0 Å². The predicted molar refractivity (Wildman–Crippen MR) is 87.8 cm³/mol. The standard InChI is InChI=1S/C17H19N5O2/c1-3-16(22-10-4-7-19-22)17(23)21(2)12-14-11-15(20-24-14)13-5-8-18-9-6-13/h4-11,16H,3,12H2,1-2H3. The molecular weight excluding hydrogens is 306 g/mol. The number of hydrogen-bond donors (Lipinski definition) is 0. The summed E-state index contributed by atoms with van der Waals surface area (Å²) in [7, 11) is 1.75. The fourth-order valence-electron chi connectivity index (χ4n) is 2.55. The van der Waals surface area contributed by atoms with Crippen LogP contribution in [0.15, 0.2) is 53.6 Å². The lowest BCUT2D eigenvalue weighted by atomic mass is 10.2. The molecule has 7 heteroatoms. The van der Waals surface area contributed by atoms with Crippen LogP contribution in [-0.4, -0.2) is 37.8 Å². The predicted octanol–water partition coefficient (Wildman–Crippen LogP) is 2.54. The van der Waals surface area contributed by atoms with Gasteiger partial charge in [0.05, 0.1) is 6.54 Å². The van der Waals surface area contributed by atoms with Crippen molar-refractivity contribution in [2.24, 2.45) is 0 Å². The molecule has 1 amide bonds. The van der Waals surface area contributed by atoms with Crippen LogP contribution in [0.25, 0.3) is 11.3 Å². The fourth-order valence-corrected chi connectivity index (χ4v) is 2.55. The third-order valence-corrected chi connectivity index (χ3v) is 3.82. The number of nitrogens with zero attached hydrogens (tertiary/aromatic N) is 5. The van der Waals surface area contributed by atoms with Gasteiger partial charge in [-0.15, -0.1) is 0 Å². The molecule has 0 saturated heterocycles. The Labute approximate surface area is 139 Å². The van der Waals surface area contributed by atoms with Gasteiger partial charge in [0.1, 0.15) is 11.7 Å². The van der Waals surface area contributed by atoms with E-state index in [1.807, 2.05) is 31.2 Å². The Hall–Kier alpha value is -2.96. The van der Waals surface area contributed by atoms with Crippen molar-refractivity contribution < 1.29 is 9.32 Å². The number of likely N-dealkylation sites (N-methyl/N-ethyl adjacent to an activating group) is 1. The molecule has 3 aromatic heterocycles. The summed E-state index contributed by atoms with van der Waals surface area (Å²) in [5.41, 5.74) is 1.66. The van der Waals surface area contributed by atoms with Crippen LogP contribution in [0, 0.1) is 0 Å². The Morgan fingerprint density at radius 1 is 1.33 bits per heavy atom. The summed E-state index contributed by atoms with van der Waals surface area (Å²) < 4.78 is 7.04. The molecule has 0 aliphatic heterocycles. The van der Waals surface area contributed by atoms with E-state index >= 15 is 0 Å². The summed E-state index contributed by atoms with van der Waals surface area (Å²) in [4.78, 5) is 18.3. The lowest BCUT2D eigenvalue weighted by Gasteiger charge is -2.22. The molecule has 0 N–H and O–H groups in total. The molecule has 3 rings (SSSR count). The average Bonchev–Trinajstić information content (AvgIpc) is 3.28. The van der Waals surface area contributed by atoms with Gasteiger partial charge in [-0.1, -0.05) is 12.1 Å². The van der Waals surface area contributed by atoms with E-state index < -0.39 is 0 Å². The molecule has 0 spiro atoms. The summed E-state index contributed by atoms with van der Waals surface area (Å²) in [6, 6.07) is 7.07. The van der Waals surface area contributed by atoms with Gasteiger partial charge >= 0.3 is 0 Å². The van der Waals surface area contributed by atoms with Gasteiger partial charge in [-0.3, -0.25) is 14.5 Å². The van der Waals surface area contributed by atoms with Crippen molar-refractivity contribution in [1.82, 2.24) is 24.8 Å². The average molecular weight is 325 g/mol. The summed E-state index contributed by atoms with van der Waals surface area (Å²) in [6.45, 7) is 2.32. The van der Waals surface area contributed by atoms with E-state index in [1.54, 1.807) is 41.4 Å². The van der Waals surface area contributed by atoms with Crippen LogP contribution in [0.3, 0.4) is 0 Å². The molecule has 24 heavy (non-hydrogen) atoms. The van der Waals surface area contributed by atoms with Crippen molar-refractivity contribution >= 4 is 5.91 Å². The summed E-state index contributed by atoms with van der Waals surface area (Å²) >= 11 is 0. The second-order valence-electron chi connectivity index (χ2n) is 5.52. The number of hydrogen-bond acceptors (Lipinski definition) is 5. The van der Waals surface area contributed by atoms with E-state index in [2.05, 4.69) is 15.2 Å². The third kappa shape index (κ3) is 3.34. The zero-order valence-corrected chi connectivity index (χ0v) is 13.7. The third-order valence-electron chi connectivity index (χ3n) is 3.82. The highest BCUT2D eigenvalue weighted by molar-refractivity contribution is 5.80. The monoisotopic (exact) mass is 325 g/mol. The number of rotatable bonds is 6. The molecule has 1 atom stereocenters. The Morgan fingerprint density at radius 2 is 2.12 bits per heavy atom. The van der Waals surface area contributed by atoms with Crippen molar-refractivity contribution in [3.8, 4) is 11.3 Å². The van der Waals surface area contributed by atoms with Gasteiger partial charge in [-0.05, 0) is 24.6 Å². The quantitative estimate of drug-likeness (QED) is 0.696. The van der Waals surface area contributed by atoms with E-state index in [9.17, 15) is 4.79 Å². The molecule has 0 saturated carbocycles. The highest BCUT2D eigenvalue weighted by Gasteiger charge is 2.23. The first kappa shape index (κ1) is 15.9. The lowest BCUT2D eigenvalue weighted by Crippen LogP contribution is -2.34. The number of carbonyl (C=O) groups is 1. The van der Waals surface area contributed by atoms with Gasteiger partial charge in [-0.25, -0.2) is 0 Å². The van der Waals surface area contributed by atoms with Crippen LogP contribution in [0.1, 0.15) is 25.1 Å².